The molecule has 1 heterocycles. The molecular formula is C17H15Cl2NO. The molecule has 2 nitrogen and oxygen atoms in total. The summed E-state index contributed by atoms with van der Waals surface area (Å²) < 4.78 is 5.97. The van der Waals surface area contributed by atoms with Gasteiger partial charge in [-0.25, -0.2) is 0 Å². The fourth-order valence-corrected chi connectivity index (χ4v) is 2.88. The van der Waals surface area contributed by atoms with Gasteiger partial charge in [0.2, 0.25) is 0 Å². The first-order valence-electron chi connectivity index (χ1n) is 6.86. The summed E-state index contributed by atoms with van der Waals surface area (Å²) in [6, 6.07) is 15.4. The number of fused-ring (bicyclic) bond motifs is 1. The molecule has 0 saturated heterocycles. The number of rotatable bonds is 4. The molecule has 2 aromatic carbocycles. The summed E-state index contributed by atoms with van der Waals surface area (Å²) in [4.78, 5) is 0. The first-order valence-corrected chi connectivity index (χ1v) is 7.61. The second-order valence-corrected chi connectivity index (χ2v) is 5.69. The average Bonchev–Trinajstić information content (AvgIpc) is 2.88. The molecule has 4 heteroatoms. The van der Waals surface area contributed by atoms with Crippen molar-refractivity contribution in [3.05, 3.63) is 69.9 Å². The van der Waals surface area contributed by atoms with E-state index in [1.807, 2.05) is 48.5 Å². The molecule has 3 aromatic rings. The van der Waals surface area contributed by atoms with Crippen molar-refractivity contribution < 1.29 is 4.42 Å². The topological polar surface area (TPSA) is 25.2 Å². The molecule has 0 spiro atoms. The van der Waals surface area contributed by atoms with Crippen molar-refractivity contribution in [2.75, 3.05) is 6.54 Å². The number of benzene rings is 2. The van der Waals surface area contributed by atoms with E-state index < -0.39 is 0 Å². The van der Waals surface area contributed by atoms with Crippen molar-refractivity contribution in [3.8, 4) is 0 Å². The Hall–Kier alpha value is -1.48. The molecule has 3 rings (SSSR count). The third kappa shape index (κ3) is 2.93. The average molecular weight is 320 g/mol. The van der Waals surface area contributed by atoms with E-state index in [1.165, 1.54) is 0 Å². The molecule has 0 saturated carbocycles. The Morgan fingerprint density at radius 3 is 2.67 bits per heavy atom. The summed E-state index contributed by atoms with van der Waals surface area (Å²) in [5.74, 6) is 0.835. The molecule has 0 amide bonds. The zero-order valence-corrected chi connectivity index (χ0v) is 13.1. The molecule has 1 aromatic heterocycles. The smallest absolute Gasteiger partial charge is 0.134 e. The SMILES string of the molecule is CCNC(c1cc2cc(Cl)ccc2o1)c1ccccc1Cl. The van der Waals surface area contributed by atoms with Gasteiger partial charge in [0.25, 0.3) is 0 Å². The molecule has 0 fully saturated rings. The molecule has 108 valence electrons. The predicted molar refractivity (Wildman–Crippen MR) is 88.2 cm³/mol. The van der Waals surface area contributed by atoms with Crippen LogP contribution < -0.4 is 5.32 Å². The Morgan fingerprint density at radius 1 is 1.10 bits per heavy atom. The van der Waals surface area contributed by atoms with Crippen LogP contribution in [0.1, 0.15) is 24.3 Å². The fourth-order valence-electron chi connectivity index (χ4n) is 2.45. The Kier molecular flexibility index (Phi) is 4.20. The van der Waals surface area contributed by atoms with Crippen LogP contribution in [0.4, 0.5) is 0 Å². The van der Waals surface area contributed by atoms with E-state index in [4.69, 9.17) is 27.6 Å². The third-order valence-corrected chi connectivity index (χ3v) is 3.99. The van der Waals surface area contributed by atoms with E-state index in [1.54, 1.807) is 0 Å². The maximum absolute atomic E-state index is 6.33. The molecule has 0 aliphatic rings. The van der Waals surface area contributed by atoms with E-state index in [-0.39, 0.29) is 6.04 Å². The highest BCUT2D eigenvalue weighted by Crippen LogP contribution is 2.32. The van der Waals surface area contributed by atoms with E-state index in [0.717, 1.165) is 33.9 Å². The lowest BCUT2D eigenvalue weighted by Crippen LogP contribution is -2.21. The van der Waals surface area contributed by atoms with Crippen LogP contribution in [0.25, 0.3) is 11.0 Å². The van der Waals surface area contributed by atoms with Gasteiger partial charge in [-0.1, -0.05) is 48.3 Å². The second-order valence-electron chi connectivity index (χ2n) is 4.84. The molecule has 1 N–H and O–H groups in total. The Morgan fingerprint density at radius 2 is 1.90 bits per heavy atom. The van der Waals surface area contributed by atoms with Crippen LogP contribution in [-0.4, -0.2) is 6.54 Å². The van der Waals surface area contributed by atoms with Gasteiger partial charge in [0.05, 0.1) is 6.04 Å². The number of hydrogen-bond donors (Lipinski definition) is 1. The summed E-state index contributed by atoms with van der Waals surface area (Å²) in [6.07, 6.45) is 0. The lowest BCUT2D eigenvalue weighted by Gasteiger charge is -2.17. The van der Waals surface area contributed by atoms with E-state index >= 15 is 0 Å². The minimum Gasteiger partial charge on any atom is -0.459 e. The van der Waals surface area contributed by atoms with Gasteiger partial charge < -0.3 is 9.73 Å². The van der Waals surface area contributed by atoms with Crippen molar-refractivity contribution in [1.82, 2.24) is 5.32 Å². The lowest BCUT2D eigenvalue weighted by molar-refractivity contribution is 0.477. The van der Waals surface area contributed by atoms with Crippen LogP contribution >= 0.6 is 23.2 Å². The van der Waals surface area contributed by atoms with Gasteiger partial charge in [-0.05, 0) is 42.4 Å². The maximum Gasteiger partial charge on any atom is 0.134 e. The monoisotopic (exact) mass is 319 g/mol. The first kappa shape index (κ1) is 14.5. The molecule has 0 aliphatic heterocycles. The number of furan rings is 1. The fraction of sp³-hybridized carbons (Fsp3) is 0.176. The highest BCUT2D eigenvalue weighted by atomic mass is 35.5. The summed E-state index contributed by atoms with van der Waals surface area (Å²) in [6.45, 7) is 2.87. The molecule has 1 atom stereocenters. The van der Waals surface area contributed by atoms with Crippen molar-refractivity contribution in [3.63, 3.8) is 0 Å². The maximum atomic E-state index is 6.33. The van der Waals surface area contributed by atoms with Gasteiger partial charge in [0, 0.05) is 15.4 Å². The number of halogens is 2. The third-order valence-electron chi connectivity index (χ3n) is 3.41. The van der Waals surface area contributed by atoms with Crippen LogP contribution in [0.15, 0.2) is 52.9 Å². The van der Waals surface area contributed by atoms with Crippen LogP contribution in [0.2, 0.25) is 10.0 Å². The molecule has 0 radical (unpaired) electrons. The first-order chi connectivity index (χ1) is 10.2. The molecule has 21 heavy (non-hydrogen) atoms. The molecule has 0 bridgehead atoms. The standard InChI is InChI=1S/C17H15Cl2NO/c1-2-20-17(13-5-3-4-6-14(13)19)16-10-11-9-12(18)7-8-15(11)21-16/h3-10,17,20H,2H2,1H3. The molecule has 0 aliphatic carbocycles. The minimum atomic E-state index is -0.0742. The summed E-state index contributed by atoms with van der Waals surface area (Å²) >= 11 is 12.4. The van der Waals surface area contributed by atoms with Gasteiger partial charge in [-0.15, -0.1) is 0 Å². The van der Waals surface area contributed by atoms with Crippen molar-refractivity contribution >= 4 is 34.2 Å². The second kappa shape index (κ2) is 6.10. The zero-order valence-electron chi connectivity index (χ0n) is 11.6. The normalized spacial score (nSPS) is 12.7. The van der Waals surface area contributed by atoms with Crippen LogP contribution in [0.3, 0.4) is 0 Å². The highest BCUT2D eigenvalue weighted by Gasteiger charge is 2.19. The van der Waals surface area contributed by atoms with E-state index in [2.05, 4.69) is 12.2 Å². The predicted octanol–water partition coefficient (Wildman–Crippen LogP) is 5.44. The summed E-state index contributed by atoms with van der Waals surface area (Å²) in [5, 5.41) is 5.84. The summed E-state index contributed by atoms with van der Waals surface area (Å²) in [7, 11) is 0. The van der Waals surface area contributed by atoms with Gasteiger partial charge in [0.1, 0.15) is 11.3 Å². The van der Waals surface area contributed by atoms with Crippen molar-refractivity contribution in [2.24, 2.45) is 0 Å². The van der Waals surface area contributed by atoms with Crippen molar-refractivity contribution in [1.29, 1.82) is 0 Å². The van der Waals surface area contributed by atoms with Crippen LogP contribution in [0, 0.1) is 0 Å². The Labute approximate surface area is 133 Å². The molecule has 1 unspecified atom stereocenters. The Bertz CT molecular complexity index is 766. The largest absolute Gasteiger partial charge is 0.459 e. The van der Waals surface area contributed by atoms with Crippen molar-refractivity contribution in [2.45, 2.75) is 13.0 Å². The Balaban J connectivity index is 2.09. The molecular weight excluding hydrogens is 305 g/mol. The van der Waals surface area contributed by atoms with Gasteiger partial charge in [-0.2, -0.15) is 0 Å². The quantitative estimate of drug-likeness (QED) is 0.692. The lowest BCUT2D eigenvalue weighted by atomic mass is 10.0. The summed E-state index contributed by atoms with van der Waals surface area (Å²) in [5.41, 5.74) is 1.83. The number of nitrogens with one attached hydrogen (secondary N) is 1. The van der Waals surface area contributed by atoms with Crippen LogP contribution in [0.5, 0.6) is 0 Å². The van der Waals surface area contributed by atoms with E-state index in [9.17, 15) is 0 Å². The van der Waals surface area contributed by atoms with Crippen LogP contribution in [-0.2, 0) is 0 Å². The van der Waals surface area contributed by atoms with Gasteiger partial charge in [-0.3, -0.25) is 0 Å². The zero-order chi connectivity index (χ0) is 14.8. The minimum absolute atomic E-state index is 0.0742. The number of hydrogen-bond acceptors (Lipinski definition) is 2. The van der Waals surface area contributed by atoms with Gasteiger partial charge >= 0.3 is 0 Å². The van der Waals surface area contributed by atoms with E-state index in [0.29, 0.717) is 5.02 Å². The highest BCUT2D eigenvalue weighted by molar-refractivity contribution is 6.31. The van der Waals surface area contributed by atoms with Gasteiger partial charge in [0.15, 0.2) is 0 Å².